The van der Waals surface area contributed by atoms with E-state index < -0.39 is 5.97 Å². The number of methoxy groups -OCH3 is 1. The number of carboxylic acids is 1. The Balaban J connectivity index is 2.68. The Morgan fingerprint density at radius 1 is 1.33 bits per heavy atom. The van der Waals surface area contributed by atoms with Gasteiger partial charge >= 0.3 is 5.97 Å². The number of hydrogen-bond acceptors (Lipinski definition) is 3. The van der Waals surface area contributed by atoms with Crippen molar-refractivity contribution >= 4 is 11.7 Å². The Morgan fingerprint density at radius 3 is 2.33 bits per heavy atom. The molecule has 0 aliphatic rings. The number of nitrogens with zero attached hydrogens (tertiary/aromatic N) is 1. The Labute approximate surface area is 108 Å². The molecule has 0 fully saturated rings. The molecule has 0 aliphatic heterocycles. The molecule has 1 aromatic rings. The first kappa shape index (κ1) is 14.4. The van der Waals surface area contributed by atoms with Crippen LogP contribution in [0.3, 0.4) is 0 Å². The molecular weight excluding hydrogens is 230 g/mol. The Morgan fingerprint density at radius 2 is 1.89 bits per heavy atom. The number of rotatable bonds is 6. The van der Waals surface area contributed by atoms with Gasteiger partial charge in [0.2, 0.25) is 0 Å². The van der Waals surface area contributed by atoms with E-state index in [2.05, 4.69) is 4.90 Å². The van der Waals surface area contributed by atoms with Gasteiger partial charge in [0.15, 0.2) is 0 Å². The molecule has 4 heteroatoms. The average molecular weight is 251 g/mol. The van der Waals surface area contributed by atoms with Gasteiger partial charge in [-0.2, -0.15) is 0 Å². The summed E-state index contributed by atoms with van der Waals surface area (Å²) < 4.78 is 5.11. The summed E-state index contributed by atoms with van der Waals surface area (Å²) in [7, 11) is 3.60. The lowest BCUT2D eigenvalue weighted by Crippen LogP contribution is -2.33. The SMILES string of the molecule is COc1ccc(N(C)CC(C)(C)CC(=O)O)cc1. The first-order chi connectivity index (χ1) is 8.34. The summed E-state index contributed by atoms with van der Waals surface area (Å²) in [5.41, 5.74) is 0.787. The van der Waals surface area contributed by atoms with Crippen molar-refractivity contribution in [2.45, 2.75) is 20.3 Å². The molecule has 1 rings (SSSR count). The zero-order chi connectivity index (χ0) is 13.8. The molecule has 0 aliphatic carbocycles. The molecule has 0 atom stereocenters. The van der Waals surface area contributed by atoms with E-state index in [0.717, 1.165) is 11.4 Å². The lowest BCUT2D eigenvalue weighted by atomic mass is 9.88. The maximum atomic E-state index is 10.8. The molecule has 4 nitrogen and oxygen atoms in total. The second-order valence-electron chi connectivity index (χ2n) is 5.29. The van der Waals surface area contributed by atoms with E-state index in [0.29, 0.717) is 6.54 Å². The molecule has 1 N–H and O–H groups in total. The van der Waals surface area contributed by atoms with Gasteiger partial charge in [-0.05, 0) is 29.7 Å². The first-order valence-electron chi connectivity index (χ1n) is 5.91. The van der Waals surface area contributed by atoms with E-state index in [1.807, 2.05) is 45.2 Å². The molecule has 0 saturated heterocycles. The van der Waals surface area contributed by atoms with Crippen molar-refractivity contribution in [2.75, 3.05) is 25.6 Å². The normalized spacial score (nSPS) is 11.1. The summed E-state index contributed by atoms with van der Waals surface area (Å²) in [6, 6.07) is 7.73. The van der Waals surface area contributed by atoms with Crippen LogP contribution in [0.2, 0.25) is 0 Å². The van der Waals surface area contributed by atoms with Gasteiger partial charge in [-0.25, -0.2) is 0 Å². The van der Waals surface area contributed by atoms with Crippen LogP contribution in [0, 0.1) is 5.41 Å². The van der Waals surface area contributed by atoms with Crippen molar-refractivity contribution in [3.05, 3.63) is 24.3 Å². The zero-order valence-electron chi connectivity index (χ0n) is 11.4. The van der Waals surface area contributed by atoms with Crippen LogP contribution in [0.5, 0.6) is 5.75 Å². The van der Waals surface area contributed by atoms with E-state index in [1.165, 1.54) is 0 Å². The van der Waals surface area contributed by atoms with Crippen molar-refractivity contribution in [2.24, 2.45) is 5.41 Å². The number of hydrogen-bond donors (Lipinski definition) is 1. The minimum atomic E-state index is -0.761. The maximum absolute atomic E-state index is 10.8. The Hall–Kier alpha value is -1.71. The zero-order valence-corrected chi connectivity index (χ0v) is 11.4. The van der Waals surface area contributed by atoms with Gasteiger partial charge in [-0.3, -0.25) is 4.79 Å². The van der Waals surface area contributed by atoms with Gasteiger partial charge in [0, 0.05) is 19.3 Å². The summed E-state index contributed by atoms with van der Waals surface area (Å²) in [6.07, 6.45) is 0.160. The average Bonchev–Trinajstić information content (AvgIpc) is 2.26. The molecule has 1 aromatic carbocycles. The highest BCUT2D eigenvalue weighted by atomic mass is 16.5. The van der Waals surface area contributed by atoms with Crippen LogP contribution in [0.15, 0.2) is 24.3 Å². The largest absolute Gasteiger partial charge is 0.497 e. The Bertz CT molecular complexity index is 398. The van der Waals surface area contributed by atoms with E-state index in [-0.39, 0.29) is 11.8 Å². The fraction of sp³-hybridized carbons (Fsp3) is 0.500. The first-order valence-corrected chi connectivity index (χ1v) is 5.91. The maximum Gasteiger partial charge on any atom is 0.303 e. The molecule has 0 unspecified atom stereocenters. The summed E-state index contributed by atoms with van der Waals surface area (Å²) in [6.45, 7) is 4.61. The fourth-order valence-corrected chi connectivity index (χ4v) is 2.04. The van der Waals surface area contributed by atoms with Crippen LogP contribution < -0.4 is 9.64 Å². The smallest absolute Gasteiger partial charge is 0.303 e. The van der Waals surface area contributed by atoms with Crippen LogP contribution >= 0.6 is 0 Å². The highest BCUT2D eigenvalue weighted by Crippen LogP contribution is 2.25. The quantitative estimate of drug-likeness (QED) is 0.844. The van der Waals surface area contributed by atoms with Gasteiger partial charge in [0.25, 0.3) is 0 Å². The van der Waals surface area contributed by atoms with Gasteiger partial charge in [-0.15, -0.1) is 0 Å². The third kappa shape index (κ3) is 4.28. The van der Waals surface area contributed by atoms with Crippen LogP contribution in [0.25, 0.3) is 0 Å². The van der Waals surface area contributed by atoms with E-state index in [1.54, 1.807) is 7.11 Å². The molecule has 0 amide bonds. The van der Waals surface area contributed by atoms with Crippen molar-refractivity contribution in [3.63, 3.8) is 0 Å². The number of anilines is 1. The molecule has 18 heavy (non-hydrogen) atoms. The molecule has 0 aromatic heterocycles. The highest BCUT2D eigenvalue weighted by molar-refractivity contribution is 5.67. The van der Waals surface area contributed by atoms with Crippen LogP contribution in [0.1, 0.15) is 20.3 Å². The van der Waals surface area contributed by atoms with E-state index in [4.69, 9.17) is 9.84 Å². The van der Waals surface area contributed by atoms with Crippen molar-refractivity contribution < 1.29 is 14.6 Å². The van der Waals surface area contributed by atoms with Crippen molar-refractivity contribution in [1.82, 2.24) is 0 Å². The minimum absolute atomic E-state index is 0.160. The molecule has 0 saturated carbocycles. The molecule has 0 radical (unpaired) electrons. The van der Waals surface area contributed by atoms with Gasteiger partial charge < -0.3 is 14.7 Å². The minimum Gasteiger partial charge on any atom is -0.497 e. The number of carbonyl (C=O) groups is 1. The van der Waals surface area contributed by atoms with E-state index in [9.17, 15) is 4.79 Å². The molecular formula is C14H21NO3. The van der Waals surface area contributed by atoms with Gasteiger partial charge in [0.1, 0.15) is 5.75 Å². The summed E-state index contributed by atoms with van der Waals surface area (Å²) in [5, 5.41) is 8.87. The van der Waals surface area contributed by atoms with Gasteiger partial charge in [0.05, 0.1) is 13.5 Å². The third-order valence-corrected chi connectivity index (χ3v) is 2.81. The second kappa shape index (κ2) is 5.76. The number of carboxylic acid groups (broad SMARTS) is 1. The standard InChI is InChI=1S/C14H21NO3/c1-14(2,9-13(16)17)10-15(3)11-5-7-12(18-4)8-6-11/h5-8H,9-10H2,1-4H3,(H,16,17). The lowest BCUT2D eigenvalue weighted by molar-refractivity contribution is -0.139. The predicted octanol–water partition coefficient (Wildman–Crippen LogP) is 2.63. The third-order valence-electron chi connectivity index (χ3n) is 2.81. The fourth-order valence-electron chi connectivity index (χ4n) is 2.04. The van der Waals surface area contributed by atoms with Gasteiger partial charge in [-0.1, -0.05) is 13.8 Å². The number of aliphatic carboxylic acids is 1. The monoisotopic (exact) mass is 251 g/mol. The van der Waals surface area contributed by atoms with Crippen molar-refractivity contribution in [3.8, 4) is 5.75 Å². The molecule has 0 spiro atoms. The summed E-state index contributed by atoms with van der Waals surface area (Å²) in [4.78, 5) is 12.8. The molecule has 100 valence electrons. The highest BCUT2D eigenvalue weighted by Gasteiger charge is 2.23. The lowest BCUT2D eigenvalue weighted by Gasteiger charge is -2.30. The number of ether oxygens (including phenoxy) is 1. The topological polar surface area (TPSA) is 49.8 Å². The number of benzene rings is 1. The van der Waals surface area contributed by atoms with E-state index >= 15 is 0 Å². The summed E-state index contributed by atoms with van der Waals surface area (Å²) >= 11 is 0. The van der Waals surface area contributed by atoms with Crippen LogP contribution in [-0.4, -0.2) is 31.8 Å². The van der Waals surface area contributed by atoms with Crippen LogP contribution in [-0.2, 0) is 4.79 Å². The molecule has 0 bridgehead atoms. The van der Waals surface area contributed by atoms with Crippen molar-refractivity contribution in [1.29, 1.82) is 0 Å². The van der Waals surface area contributed by atoms with Crippen LogP contribution in [0.4, 0.5) is 5.69 Å². The Kier molecular flexibility index (Phi) is 4.59. The second-order valence-corrected chi connectivity index (χ2v) is 5.29. The molecule has 0 heterocycles. The summed E-state index contributed by atoms with van der Waals surface area (Å²) in [5.74, 6) is 0.0556. The predicted molar refractivity (Wildman–Crippen MR) is 72.3 cm³/mol.